The van der Waals surface area contributed by atoms with Gasteiger partial charge in [-0.05, 0) is 6.07 Å². The molecule has 172 valence electrons. The van der Waals surface area contributed by atoms with Gasteiger partial charge in [-0.15, -0.1) is 0 Å². The van der Waals surface area contributed by atoms with Crippen molar-refractivity contribution in [1.82, 2.24) is 19.7 Å². The van der Waals surface area contributed by atoms with E-state index in [1.54, 1.807) is 0 Å². The second kappa shape index (κ2) is 7.29. The summed E-state index contributed by atoms with van der Waals surface area (Å²) >= 11 is 5.85. The molecule has 1 unspecified atom stereocenters. The molecule has 32 heavy (non-hydrogen) atoms. The van der Waals surface area contributed by atoms with Crippen molar-refractivity contribution < 1.29 is 35.1 Å². The van der Waals surface area contributed by atoms with E-state index >= 15 is 0 Å². The van der Waals surface area contributed by atoms with Crippen LogP contribution < -0.4 is 0 Å². The molecule has 15 heteroatoms. The molecule has 1 atom stereocenters. The summed E-state index contributed by atoms with van der Waals surface area (Å²) in [4.78, 5) is 8.47. The number of hydrogen-bond acceptors (Lipinski definition) is 4. The third kappa shape index (κ3) is 3.64. The summed E-state index contributed by atoms with van der Waals surface area (Å²) in [5.41, 5.74) is -7.27. The SMILES string of the molecule is CN(C)C=Nc1c(C2(C(F)(F)F)CC2(F)F)c(C#N)nn1-c1ncc(C(F)(F)F)cc1Cl. The van der Waals surface area contributed by atoms with Crippen LogP contribution in [-0.4, -0.2) is 52.2 Å². The first-order valence-corrected chi connectivity index (χ1v) is 8.86. The maximum atomic E-state index is 14.1. The molecule has 0 bridgehead atoms. The third-order valence-electron chi connectivity index (χ3n) is 4.62. The number of pyridine rings is 1. The fourth-order valence-corrected chi connectivity index (χ4v) is 3.31. The van der Waals surface area contributed by atoms with Crippen molar-refractivity contribution in [2.75, 3.05) is 14.1 Å². The van der Waals surface area contributed by atoms with E-state index in [0.29, 0.717) is 16.9 Å². The van der Waals surface area contributed by atoms with Crippen molar-refractivity contribution in [3.05, 3.63) is 34.1 Å². The number of halogens is 9. The Bertz CT molecular complexity index is 1130. The molecule has 0 radical (unpaired) electrons. The van der Waals surface area contributed by atoms with Gasteiger partial charge < -0.3 is 4.90 Å². The van der Waals surface area contributed by atoms with Crippen LogP contribution in [0.2, 0.25) is 5.02 Å². The lowest BCUT2D eigenvalue weighted by atomic mass is 9.94. The van der Waals surface area contributed by atoms with Gasteiger partial charge in [0.05, 0.1) is 22.5 Å². The highest BCUT2D eigenvalue weighted by Crippen LogP contribution is 2.70. The highest BCUT2D eigenvalue weighted by Gasteiger charge is 2.86. The Morgan fingerprint density at radius 3 is 2.25 bits per heavy atom. The second-order valence-corrected chi connectivity index (χ2v) is 7.50. The minimum Gasteiger partial charge on any atom is -0.369 e. The number of nitriles is 1. The third-order valence-corrected chi connectivity index (χ3v) is 4.90. The topological polar surface area (TPSA) is 70.1 Å². The van der Waals surface area contributed by atoms with Crippen molar-refractivity contribution in [1.29, 1.82) is 5.26 Å². The number of aliphatic imine (C=N–C) groups is 1. The summed E-state index contributed by atoms with van der Waals surface area (Å²) in [5, 5.41) is 12.2. The fraction of sp³-hybridized carbons (Fsp3) is 0.412. The molecule has 0 spiro atoms. The van der Waals surface area contributed by atoms with Gasteiger partial charge in [-0.1, -0.05) is 11.6 Å². The number of alkyl halides is 8. The highest BCUT2D eigenvalue weighted by molar-refractivity contribution is 6.32. The molecule has 2 aromatic heterocycles. The smallest absolute Gasteiger partial charge is 0.369 e. The lowest BCUT2D eigenvalue weighted by Crippen LogP contribution is -2.35. The van der Waals surface area contributed by atoms with Crippen molar-refractivity contribution in [2.24, 2.45) is 4.99 Å². The van der Waals surface area contributed by atoms with E-state index in [1.165, 1.54) is 25.1 Å². The Labute approximate surface area is 179 Å². The number of nitrogens with zero attached hydrogens (tertiary/aromatic N) is 6. The summed E-state index contributed by atoms with van der Waals surface area (Å²) in [5.74, 6) is -5.75. The van der Waals surface area contributed by atoms with E-state index in [-0.39, 0.29) is 0 Å². The molecule has 1 saturated carbocycles. The molecule has 6 nitrogen and oxygen atoms in total. The second-order valence-electron chi connectivity index (χ2n) is 7.09. The lowest BCUT2D eigenvalue weighted by molar-refractivity contribution is -0.182. The van der Waals surface area contributed by atoms with Gasteiger partial charge in [-0.2, -0.15) is 41.4 Å². The van der Waals surface area contributed by atoms with E-state index in [2.05, 4.69) is 15.1 Å². The van der Waals surface area contributed by atoms with Crippen LogP contribution in [-0.2, 0) is 11.6 Å². The summed E-state index contributed by atoms with van der Waals surface area (Å²) in [6.45, 7) is 0. The van der Waals surface area contributed by atoms with Gasteiger partial charge in [0.1, 0.15) is 6.07 Å². The molecule has 0 saturated heterocycles. The number of aromatic nitrogens is 3. The maximum absolute atomic E-state index is 14.1. The summed E-state index contributed by atoms with van der Waals surface area (Å²) in [7, 11) is 2.84. The Morgan fingerprint density at radius 1 is 1.25 bits per heavy atom. The zero-order valence-corrected chi connectivity index (χ0v) is 16.8. The van der Waals surface area contributed by atoms with Crippen LogP contribution in [0.4, 0.5) is 40.9 Å². The largest absolute Gasteiger partial charge is 0.417 e. The molecule has 0 amide bonds. The normalized spacial score (nSPS) is 20.4. The molecule has 0 aliphatic heterocycles. The number of hydrogen-bond donors (Lipinski definition) is 0. The fourth-order valence-electron chi connectivity index (χ4n) is 3.07. The highest BCUT2D eigenvalue weighted by atomic mass is 35.5. The van der Waals surface area contributed by atoms with Crippen LogP contribution >= 0.6 is 11.6 Å². The first-order valence-electron chi connectivity index (χ1n) is 8.48. The van der Waals surface area contributed by atoms with Gasteiger partial charge in [0, 0.05) is 26.7 Å². The predicted octanol–water partition coefficient (Wildman–Crippen LogP) is 4.87. The summed E-state index contributed by atoms with van der Waals surface area (Å²) in [6, 6.07) is 1.75. The van der Waals surface area contributed by atoms with Crippen LogP contribution in [0.25, 0.3) is 5.82 Å². The van der Waals surface area contributed by atoms with Crippen molar-refractivity contribution in [3.8, 4) is 11.9 Å². The van der Waals surface area contributed by atoms with Gasteiger partial charge in [0.15, 0.2) is 22.7 Å². The molecule has 0 N–H and O–H groups in total. The average Bonchev–Trinajstić information content (AvgIpc) is 3.07. The molecule has 1 fully saturated rings. The van der Waals surface area contributed by atoms with E-state index in [4.69, 9.17) is 11.6 Å². The lowest BCUT2D eigenvalue weighted by Gasteiger charge is -2.20. The average molecular weight is 487 g/mol. The monoisotopic (exact) mass is 486 g/mol. The maximum Gasteiger partial charge on any atom is 0.417 e. The zero-order chi connectivity index (χ0) is 24.3. The van der Waals surface area contributed by atoms with Gasteiger partial charge >= 0.3 is 12.4 Å². The molecule has 2 heterocycles. The molecular formula is C17H11ClF8N6. The van der Waals surface area contributed by atoms with Crippen molar-refractivity contribution >= 4 is 23.8 Å². The summed E-state index contributed by atoms with van der Waals surface area (Å²) in [6.07, 6.45) is -10.7. The number of rotatable bonds is 4. The Hall–Kier alpha value is -2.95. The van der Waals surface area contributed by atoms with Crippen LogP contribution in [0.1, 0.15) is 23.2 Å². The Balaban J connectivity index is 2.35. The zero-order valence-electron chi connectivity index (χ0n) is 16.0. The standard InChI is InChI=1S/C17H11ClF8N6/c1-31(2)7-29-13-11(14(17(24,25)26)6-15(14,19)20)10(4-27)30-32(13)12-9(18)3-8(5-28-12)16(21,22)23/h3,5,7H,6H2,1-2H3. The van der Waals surface area contributed by atoms with E-state index in [0.717, 1.165) is 6.34 Å². The first-order chi connectivity index (χ1) is 14.6. The quantitative estimate of drug-likeness (QED) is 0.351. The van der Waals surface area contributed by atoms with Crippen LogP contribution in [0.3, 0.4) is 0 Å². The van der Waals surface area contributed by atoms with E-state index in [1.807, 2.05) is 0 Å². The minimum atomic E-state index is -5.49. The van der Waals surface area contributed by atoms with Gasteiger partial charge in [-0.25, -0.2) is 18.8 Å². The van der Waals surface area contributed by atoms with Crippen LogP contribution in [0.15, 0.2) is 17.3 Å². The molecule has 3 rings (SSSR count). The molecule has 0 aromatic carbocycles. The predicted molar refractivity (Wildman–Crippen MR) is 95.2 cm³/mol. The molecular weight excluding hydrogens is 476 g/mol. The summed E-state index contributed by atoms with van der Waals surface area (Å²) < 4.78 is 109. The van der Waals surface area contributed by atoms with Crippen LogP contribution in [0.5, 0.6) is 0 Å². The Kier molecular flexibility index (Phi) is 5.40. The van der Waals surface area contributed by atoms with E-state index < -0.39 is 63.6 Å². The van der Waals surface area contributed by atoms with Gasteiger partial charge in [0.2, 0.25) is 0 Å². The molecule has 2 aromatic rings. The van der Waals surface area contributed by atoms with E-state index in [9.17, 15) is 40.4 Å². The van der Waals surface area contributed by atoms with Crippen molar-refractivity contribution in [2.45, 2.75) is 30.1 Å². The molecule has 1 aliphatic carbocycles. The minimum absolute atomic E-state index is 0.333. The molecule has 1 aliphatic rings. The van der Waals surface area contributed by atoms with Gasteiger partial charge in [0.25, 0.3) is 5.92 Å². The Morgan fingerprint density at radius 2 is 1.84 bits per heavy atom. The van der Waals surface area contributed by atoms with Gasteiger partial charge in [-0.3, -0.25) is 0 Å². The van der Waals surface area contributed by atoms with Crippen molar-refractivity contribution in [3.63, 3.8) is 0 Å². The first kappa shape index (κ1) is 23.7. The van der Waals surface area contributed by atoms with Crippen LogP contribution in [0, 0.1) is 11.3 Å².